The lowest BCUT2D eigenvalue weighted by Gasteiger charge is -2.37. The van der Waals surface area contributed by atoms with Crippen LogP contribution in [0.4, 0.5) is 29.3 Å². The summed E-state index contributed by atoms with van der Waals surface area (Å²) >= 11 is 0. The van der Waals surface area contributed by atoms with Crippen LogP contribution in [0, 0.1) is 17.6 Å². The van der Waals surface area contributed by atoms with E-state index in [0.717, 1.165) is 29.3 Å². The maximum atomic E-state index is 15.2. The van der Waals surface area contributed by atoms with Gasteiger partial charge in [0.05, 0.1) is 37.1 Å². The molecule has 0 unspecified atom stereocenters. The van der Waals surface area contributed by atoms with Gasteiger partial charge in [0.15, 0.2) is 11.6 Å². The van der Waals surface area contributed by atoms with Gasteiger partial charge in [-0.1, -0.05) is 5.21 Å². The summed E-state index contributed by atoms with van der Waals surface area (Å²) in [5, 5.41) is 19.2. The monoisotopic (exact) mass is 588 g/mol. The molecule has 2 aliphatic heterocycles. The van der Waals surface area contributed by atoms with Gasteiger partial charge in [0, 0.05) is 44.5 Å². The van der Waals surface area contributed by atoms with Gasteiger partial charge in [-0.05, 0) is 19.1 Å². The maximum absolute atomic E-state index is 15.2. The molecule has 2 saturated heterocycles. The van der Waals surface area contributed by atoms with Gasteiger partial charge in [-0.15, -0.1) is 5.10 Å². The van der Waals surface area contributed by atoms with Crippen LogP contribution in [-0.4, -0.2) is 92.8 Å². The molecule has 3 aromatic rings. The van der Waals surface area contributed by atoms with Crippen molar-refractivity contribution in [1.29, 1.82) is 0 Å². The van der Waals surface area contributed by atoms with Crippen molar-refractivity contribution in [3.63, 3.8) is 0 Å². The van der Waals surface area contributed by atoms with Gasteiger partial charge in [0.2, 0.25) is 11.9 Å². The SMILES string of the molecule is C[C@H](NC(=O)c1ccc(F)nc1)C(=O)N1CCN(c2c(F)cc(N3C[C@H](Cn4cc(CO)nn4)OC3=O)cc2F)CC1. The van der Waals surface area contributed by atoms with E-state index in [2.05, 4.69) is 20.6 Å². The number of pyridine rings is 1. The Morgan fingerprint density at radius 2 is 1.86 bits per heavy atom. The van der Waals surface area contributed by atoms with Crippen molar-refractivity contribution in [1.82, 2.24) is 30.2 Å². The van der Waals surface area contributed by atoms with Gasteiger partial charge >= 0.3 is 6.09 Å². The fourth-order valence-corrected chi connectivity index (χ4v) is 4.82. The zero-order valence-corrected chi connectivity index (χ0v) is 22.4. The summed E-state index contributed by atoms with van der Waals surface area (Å²) in [6.07, 6.45) is 1.15. The Morgan fingerprint density at radius 3 is 2.48 bits per heavy atom. The molecular weight excluding hydrogens is 561 g/mol. The van der Waals surface area contributed by atoms with E-state index in [0.29, 0.717) is 5.69 Å². The highest BCUT2D eigenvalue weighted by Gasteiger charge is 2.35. The molecule has 1 aromatic carbocycles. The Kier molecular flexibility index (Phi) is 8.24. The lowest BCUT2D eigenvalue weighted by molar-refractivity contribution is -0.133. The van der Waals surface area contributed by atoms with Crippen LogP contribution >= 0.6 is 0 Å². The number of cyclic esters (lactones) is 1. The fourth-order valence-electron chi connectivity index (χ4n) is 4.82. The van der Waals surface area contributed by atoms with Gasteiger partial charge in [0.1, 0.15) is 23.5 Å². The molecule has 0 saturated carbocycles. The Balaban J connectivity index is 1.17. The molecule has 42 heavy (non-hydrogen) atoms. The topological polar surface area (TPSA) is 146 Å². The fraction of sp³-hybridized carbons (Fsp3) is 0.385. The van der Waals surface area contributed by atoms with E-state index >= 15 is 8.78 Å². The summed E-state index contributed by atoms with van der Waals surface area (Å²) in [5.74, 6) is -3.46. The second-order valence-corrected chi connectivity index (χ2v) is 9.84. The molecule has 13 nitrogen and oxygen atoms in total. The number of hydrogen-bond donors (Lipinski definition) is 2. The number of carbonyl (C=O) groups excluding carboxylic acids is 3. The number of piperazine rings is 1. The molecule has 0 bridgehead atoms. The summed E-state index contributed by atoms with van der Waals surface area (Å²) in [6, 6.07) is 3.50. The predicted molar refractivity (Wildman–Crippen MR) is 140 cm³/mol. The lowest BCUT2D eigenvalue weighted by atomic mass is 10.1. The van der Waals surface area contributed by atoms with Gasteiger partial charge in [-0.25, -0.2) is 23.2 Å². The number of hydrogen-bond acceptors (Lipinski definition) is 9. The summed E-state index contributed by atoms with van der Waals surface area (Å²) in [5.41, 5.74) is 0.159. The highest BCUT2D eigenvalue weighted by molar-refractivity contribution is 5.97. The second-order valence-electron chi connectivity index (χ2n) is 9.84. The molecule has 2 N–H and O–H groups in total. The largest absolute Gasteiger partial charge is 0.442 e. The average Bonchev–Trinajstić information content (AvgIpc) is 3.58. The van der Waals surface area contributed by atoms with E-state index in [4.69, 9.17) is 9.84 Å². The van der Waals surface area contributed by atoms with Crippen molar-refractivity contribution in [3.05, 3.63) is 65.5 Å². The maximum Gasteiger partial charge on any atom is 0.414 e. The van der Waals surface area contributed by atoms with Gasteiger partial charge < -0.3 is 25.0 Å². The average molecular weight is 589 g/mol. The van der Waals surface area contributed by atoms with Crippen LogP contribution in [0.5, 0.6) is 0 Å². The van der Waals surface area contributed by atoms with Crippen LogP contribution in [-0.2, 0) is 22.7 Å². The number of nitrogens with one attached hydrogen (secondary N) is 1. The molecule has 3 amide bonds. The first-order chi connectivity index (χ1) is 20.1. The van der Waals surface area contributed by atoms with Gasteiger partial charge in [0.25, 0.3) is 5.91 Å². The smallest absolute Gasteiger partial charge is 0.414 e. The van der Waals surface area contributed by atoms with E-state index in [9.17, 15) is 18.8 Å². The van der Waals surface area contributed by atoms with Crippen LogP contribution in [0.3, 0.4) is 0 Å². The quantitative estimate of drug-likeness (QED) is 0.369. The minimum Gasteiger partial charge on any atom is -0.442 e. The number of anilines is 2. The summed E-state index contributed by atoms with van der Waals surface area (Å²) in [7, 11) is 0. The van der Waals surface area contributed by atoms with Crippen molar-refractivity contribution in [2.75, 3.05) is 42.5 Å². The Labute approximate surface area is 237 Å². The molecule has 0 spiro atoms. The van der Waals surface area contributed by atoms with Crippen LogP contribution in [0.15, 0.2) is 36.7 Å². The molecular formula is C26H27F3N8O5. The molecule has 0 aliphatic carbocycles. The first-order valence-corrected chi connectivity index (χ1v) is 13.1. The van der Waals surface area contributed by atoms with E-state index < -0.39 is 41.7 Å². The zero-order valence-electron chi connectivity index (χ0n) is 22.4. The highest BCUT2D eigenvalue weighted by Crippen LogP contribution is 2.32. The van der Waals surface area contributed by atoms with Crippen LogP contribution in [0.2, 0.25) is 0 Å². The first-order valence-electron chi connectivity index (χ1n) is 13.1. The molecule has 16 heteroatoms. The van der Waals surface area contributed by atoms with E-state index in [-0.39, 0.29) is 68.7 Å². The van der Waals surface area contributed by atoms with Gasteiger partial charge in [-0.3, -0.25) is 14.5 Å². The minimum absolute atomic E-state index is 0.00868. The number of halogens is 3. The normalized spacial score (nSPS) is 17.8. The molecule has 2 aliphatic rings. The Morgan fingerprint density at radius 1 is 1.14 bits per heavy atom. The highest BCUT2D eigenvalue weighted by atomic mass is 19.1. The van der Waals surface area contributed by atoms with Gasteiger partial charge in [-0.2, -0.15) is 4.39 Å². The molecule has 4 heterocycles. The Bertz CT molecular complexity index is 1460. The van der Waals surface area contributed by atoms with Crippen LogP contribution in [0.25, 0.3) is 0 Å². The van der Waals surface area contributed by atoms with Crippen molar-refractivity contribution in [3.8, 4) is 0 Å². The number of rotatable bonds is 8. The molecule has 0 radical (unpaired) electrons. The number of aliphatic hydroxyl groups excluding tert-OH is 1. The Hall–Kier alpha value is -4.73. The molecule has 2 aromatic heterocycles. The number of aliphatic hydroxyl groups is 1. The minimum atomic E-state index is -0.896. The van der Waals surface area contributed by atoms with E-state index in [1.54, 1.807) is 0 Å². The third-order valence-electron chi connectivity index (χ3n) is 6.94. The van der Waals surface area contributed by atoms with Crippen molar-refractivity contribution < 1.29 is 37.4 Å². The van der Waals surface area contributed by atoms with Crippen LogP contribution in [0.1, 0.15) is 23.0 Å². The van der Waals surface area contributed by atoms with Crippen molar-refractivity contribution in [2.24, 2.45) is 0 Å². The zero-order chi connectivity index (χ0) is 30.0. The number of benzene rings is 1. The summed E-state index contributed by atoms with van der Waals surface area (Å²) in [6.45, 7) is 1.95. The third kappa shape index (κ3) is 6.12. The lowest BCUT2D eigenvalue weighted by Crippen LogP contribution is -2.54. The molecule has 2 atom stereocenters. The number of nitrogens with zero attached hydrogens (tertiary/aromatic N) is 7. The molecule has 222 valence electrons. The van der Waals surface area contributed by atoms with E-state index in [1.165, 1.54) is 33.7 Å². The number of aromatic nitrogens is 4. The van der Waals surface area contributed by atoms with Crippen molar-refractivity contribution >= 4 is 29.3 Å². The first kappa shape index (κ1) is 28.8. The van der Waals surface area contributed by atoms with Crippen LogP contribution < -0.4 is 15.1 Å². The third-order valence-corrected chi connectivity index (χ3v) is 6.94. The van der Waals surface area contributed by atoms with E-state index in [1.807, 2.05) is 0 Å². The number of amides is 3. The standard InChI is InChI=1S/C26H27F3N8O5/c1-15(31-24(39)16-2-3-22(29)30-10-16)25(40)35-6-4-34(5-7-35)23-20(27)8-18(9-21(23)28)37-13-19(42-26(37)41)12-36-11-17(14-38)32-33-36/h2-3,8-11,15,19,38H,4-7,12-14H2,1H3,(H,31,39)/t15-,19-/m0/s1. The number of ether oxygens (including phenoxy) is 1. The summed E-state index contributed by atoms with van der Waals surface area (Å²) < 4.78 is 50.1. The molecule has 2 fully saturated rings. The summed E-state index contributed by atoms with van der Waals surface area (Å²) in [4.78, 5) is 45.2. The second kappa shape index (κ2) is 12.0. The predicted octanol–water partition coefficient (Wildman–Crippen LogP) is 1.08. The van der Waals surface area contributed by atoms with Crippen molar-refractivity contribution in [2.45, 2.75) is 32.2 Å². The molecule has 5 rings (SSSR count). The number of carbonyl (C=O) groups is 3.